The zero-order valence-corrected chi connectivity index (χ0v) is 8.58. The van der Waals surface area contributed by atoms with Crippen molar-refractivity contribution in [1.29, 1.82) is 0 Å². The van der Waals surface area contributed by atoms with Crippen molar-refractivity contribution in [3.63, 3.8) is 0 Å². The summed E-state index contributed by atoms with van der Waals surface area (Å²) in [5, 5.41) is 0. The maximum Gasteiger partial charge on any atom is 0.196 e. The highest BCUT2D eigenvalue weighted by Crippen LogP contribution is 2.15. The molecule has 0 amide bonds. The predicted octanol–water partition coefficient (Wildman–Crippen LogP) is 3.33. The molecule has 2 rings (SSSR count). The lowest BCUT2D eigenvalue weighted by molar-refractivity contribution is 0.103. The smallest absolute Gasteiger partial charge is 0.196 e. The van der Waals surface area contributed by atoms with E-state index in [1.165, 1.54) is 18.2 Å². The largest absolute Gasteiger partial charge is 0.288 e. The van der Waals surface area contributed by atoms with Crippen molar-refractivity contribution < 1.29 is 18.0 Å². The van der Waals surface area contributed by atoms with Gasteiger partial charge in [-0.1, -0.05) is 12.1 Å². The van der Waals surface area contributed by atoms with Crippen LogP contribution in [0.4, 0.5) is 13.2 Å². The maximum absolute atomic E-state index is 13.3. The second kappa shape index (κ2) is 4.41. The van der Waals surface area contributed by atoms with E-state index in [0.29, 0.717) is 0 Å². The van der Waals surface area contributed by atoms with E-state index in [1.54, 1.807) is 0 Å². The molecule has 4 heteroatoms. The molecule has 0 fully saturated rings. The molecule has 2 aromatic carbocycles. The van der Waals surface area contributed by atoms with Gasteiger partial charge in [-0.3, -0.25) is 4.79 Å². The van der Waals surface area contributed by atoms with E-state index >= 15 is 0 Å². The fraction of sp³-hybridized carbons (Fsp3) is 0. The van der Waals surface area contributed by atoms with Gasteiger partial charge in [-0.15, -0.1) is 0 Å². The molecular formula is C13H7F3O. The van der Waals surface area contributed by atoms with Crippen molar-refractivity contribution >= 4 is 5.78 Å². The zero-order valence-electron chi connectivity index (χ0n) is 8.58. The number of hydrogen-bond donors (Lipinski definition) is 0. The molecule has 2 aromatic rings. The molecule has 0 heterocycles. The van der Waals surface area contributed by atoms with Gasteiger partial charge in [0.25, 0.3) is 0 Å². The van der Waals surface area contributed by atoms with E-state index < -0.39 is 23.2 Å². The molecule has 0 aliphatic heterocycles. The summed E-state index contributed by atoms with van der Waals surface area (Å²) in [6.45, 7) is 0. The van der Waals surface area contributed by atoms with Crippen LogP contribution in [0, 0.1) is 17.5 Å². The minimum Gasteiger partial charge on any atom is -0.288 e. The Bertz CT molecular complexity index is 579. The summed E-state index contributed by atoms with van der Waals surface area (Å²) in [4.78, 5) is 11.8. The molecule has 0 saturated heterocycles. The highest BCUT2D eigenvalue weighted by atomic mass is 19.2. The van der Waals surface area contributed by atoms with Gasteiger partial charge in [0, 0.05) is 5.56 Å². The van der Waals surface area contributed by atoms with Crippen molar-refractivity contribution in [2.75, 3.05) is 0 Å². The van der Waals surface area contributed by atoms with Crippen molar-refractivity contribution in [3.05, 3.63) is 71.0 Å². The zero-order chi connectivity index (χ0) is 12.4. The highest BCUT2D eigenvalue weighted by Gasteiger charge is 2.15. The Balaban J connectivity index is 2.44. The van der Waals surface area contributed by atoms with E-state index in [9.17, 15) is 18.0 Å². The Morgan fingerprint density at radius 1 is 0.824 bits per heavy atom. The van der Waals surface area contributed by atoms with E-state index in [1.807, 2.05) is 0 Å². The second-order valence-corrected chi connectivity index (χ2v) is 3.44. The summed E-state index contributed by atoms with van der Waals surface area (Å²) in [7, 11) is 0. The molecule has 0 unspecified atom stereocenters. The predicted molar refractivity (Wildman–Crippen MR) is 56.2 cm³/mol. The lowest BCUT2D eigenvalue weighted by atomic mass is 10.0. The lowest BCUT2D eigenvalue weighted by Crippen LogP contribution is -2.05. The maximum atomic E-state index is 13.3. The first kappa shape index (κ1) is 11.4. The van der Waals surface area contributed by atoms with Gasteiger partial charge in [0.05, 0.1) is 5.56 Å². The quantitative estimate of drug-likeness (QED) is 0.731. The minimum absolute atomic E-state index is 0.0889. The fourth-order valence-corrected chi connectivity index (χ4v) is 1.44. The number of halogens is 3. The van der Waals surface area contributed by atoms with E-state index in [2.05, 4.69) is 0 Å². The number of ketones is 1. The number of carbonyl (C=O) groups is 1. The third-order valence-electron chi connectivity index (χ3n) is 2.30. The molecule has 0 N–H and O–H groups in total. The molecule has 0 saturated carbocycles. The van der Waals surface area contributed by atoms with Crippen molar-refractivity contribution in [2.45, 2.75) is 0 Å². The van der Waals surface area contributed by atoms with Crippen LogP contribution in [-0.4, -0.2) is 5.78 Å². The number of carbonyl (C=O) groups excluding carboxylic acids is 1. The molecule has 0 aromatic heterocycles. The molecule has 0 bridgehead atoms. The molecule has 1 nitrogen and oxygen atoms in total. The van der Waals surface area contributed by atoms with Crippen LogP contribution in [0.15, 0.2) is 42.5 Å². The normalized spacial score (nSPS) is 10.3. The molecule has 86 valence electrons. The fourth-order valence-electron chi connectivity index (χ4n) is 1.44. The summed E-state index contributed by atoms with van der Waals surface area (Å²) >= 11 is 0. The first-order valence-corrected chi connectivity index (χ1v) is 4.84. The summed E-state index contributed by atoms with van der Waals surface area (Å²) in [6, 6.07) is 8.07. The summed E-state index contributed by atoms with van der Waals surface area (Å²) in [5.74, 6) is -3.55. The lowest BCUT2D eigenvalue weighted by Gasteiger charge is -2.02. The highest BCUT2D eigenvalue weighted by molar-refractivity contribution is 6.09. The Morgan fingerprint density at radius 3 is 2.18 bits per heavy atom. The number of rotatable bonds is 2. The molecule has 0 aliphatic carbocycles. The molecular weight excluding hydrogens is 229 g/mol. The minimum atomic E-state index is -1.13. The summed E-state index contributed by atoms with van der Waals surface area (Å²) in [5.41, 5.74) is -0.257. The van der Waals surface area contributed by atoms with Gasteiger partial charge in [-0.2, -0.15) is 0 Å². The van der Waals surface area contributed by atoms with Gasteiger partial charge in [0.1, 0.15) is 5.82 Å². The van der Waals surface area contributed by atoms with Gasteiger partial charge in [0.15, 0.2) is 17.4 Å². The van der Waals surface area contributed by atoms with Crippen molar-refractivity contribution in [3.8, 4) is 0 Å². The Labute approximate surface area is 95.5 Å². The van der Waals surface area contributed by atoms with Crippen LogP contribution in [0.25, 0.3) is 0 Å². The average molecular weight is 236 g/mol. The molecule has 0 spiro atoms. The Kier molecular flexibility index (Phi) is 2.95. The topological polar surface area (TPSA) is 17.1 Å². The standard InChI is InChI=1S/C13H7F3O/c14-10-4-2-1-3-9(10)13(17)8-5-6-11(15)12(16)7-8/h1-7H. The first-order valence-electron chi connectivity index (χ1n) is 4.84. The second-order valence-electron chi connectivity index (χ2n) is 3.44. The third kappa shape index (κ3) is 2.20. The van der Waals surface area contributed by atoms with Crippen molar-refractivity contribution in [2.24, 2.45) is 0 Å². The van der Waals surface area contributed by atoms with Crippen LogP contribution in [0.2, 0.25) is 0 Å². The first-order chi connectivity index (χ1) is 8.09. The third-order valence-corrected chi connectivity index (χ3v) is 2.30. The van der Waals surface area contributed by atoms with Gasteiger partial charge in [-0.25, -0.2) is 13.2 Å². The summed E-state index contributed by atoms with van der Waals surface area (Å²) in [6.07, 6.45) is 0. The monoisotopic (exact) mass is 236 g/mol. The van der Waals surface area contributed by atoms with Crippen molar-refractivity contribution in [1.82, 2.24) is 0 Å². The van der Waals surface area contributed by atoms with Crippen LogP contribution >= 0.6 is 0 Å². The SMILES string of the molecule is O=C(c1ccc(F)c(F)c1)c1ccccc1F. The van der Waals surface area contributed by atoms with Crippen LogP contribution in [0.1, 0.15) is 15.9 Å². The molecule has 0 atom stereocenters. The van der Waals surface area contributed by atoms with Crippen LogP contribution in [0.3, 0.4) is 0 Å². The van der Waals surface area contributed by atoms with Gasteiger partial charge in [0.2, 0.25) is 0 Å². The number of benzene rings is 2. The van der Waals surface area contributed by atoms with Crippen LogP contribution in [0.5, 0.6) is 0 Å². The Morgan fingerprint density at radius 2 is 1.53 bits per heavy atom. The van der Waals surface area contributed by atoms with Crippen LogP contribution < -0.4 is 0 Å². The molecule has 0 radical (unpaired) electrons. The average Bonchev–Trinajstić information content (AvgIpc) is 2.32. The number of hydrogen-bond acceptors (Lipinski definition) is 1. The van der Waals surface area contributed by atoms with Gasteiger partial charge in [-0.05, 0) is 30.3 Å². The van der Waals surface area contributed by atoms with Gasteiger partial charge < -0.3 is 0 Å². The van der Waals surface area contributed by atoms with E-state index in [-0.39, 0.29) is 11.1 Å². The van der Waals surface area contributed by atoms with E-state index in [4.69, 9.17) is 0 Å². The molecule has 17 heavy (non-hydrogen) atoms. The summed E-state index contributed by atoms with van der Waals surface area (Å²) < 4.78 is 38.9. The Hall–Kier alpha value is -2.10. The van der Waals surface area contributed by atoms with Crippen LogP contribution in [-0.2, 0) is 0 Å². The molecule has 0 aliphatic rings. The van der Waals surface area contributed by atoms with Gasteiger partial charge >= 0.3 is 0 Å². The van der Waals surface area contributed by atoms with E-state index in [0.717, 1.165) is 24.3 Å².